The van der Waals surface area contributed by atoms with E-state index in [1.807, 2.05) is 0 Å². The summed E-state index contributed by atoms with van der Waals surface area (Å²) in [6.07, 6.45) is -4.54. The number of ether oxygens (including phenoxy) is 1. The van der Waals surface area contributed by atoms with Crippen LogP contribution in [0.1, 0.15) is 25.8 Å². The van der Waals surface area contributed by atoms with Crippen LogP contribution in [0.5, 0.6) is 5.75 Å². The second kappa shape index (κ2) is 8.24. The molecule has 0 saturated heterocycles. The molecule has 0 atom stereocenters. The third-order valence-corrected chi connectivity index (χ3v) is 2.81. The summed E-state index contributed by atoms with van der Waals surface area (Å²) in [4.78, 5) is 11.8. The van der Waals surface area contributed by atoms with Crippen molar-refractivity contribution in [3.63, 3.8) is 0 Å². The van der Waals surface area contributed by atoms with Gasteiger partial charge in [-0.05, 0) is 31.9 Å². The molecule has 1 aromatic carbocycles. The molecular formula is C14H20ClF3N2O2. The molecule has 0 bridgehead atoms. The highest BCUT2D eigenvalue weighted by atomic mass is 35.5. The predicted octanol–water partition coefficient (Wildman–Crippen LogP) is 2.79. The lowest BCUT2D eigenvalue weighted by atomic mass is 10.0. The zero-order valence-corrected chi connectivity index (χ0v) is 13.2. The van der Waals surface area contributed by atoms with Gasteiger partial charge in [0.15, 0.2) is 0 Å². The molecule has 8 heteroatoms. The fraction of sp³-hybridized carbons (Fsp3) is 0.500. The quantitative estimate of drug-likeness (QED) is 0.837. The number of para-hydroxylation sites is 1. The Morgan fingerprint density at radius 2 is 1.86 bits per heavy atom. The van der Waals surface area contributed by atoms with E-state index in [0.29, 0.717) is 5.56 Å². The van der Waals surface area contributed by atoms with E-state index in [1.54, 1.807) is 19.9 Å². The Kier molecular flexibility index (Phi) is 7.69. The highest BCUT2D eigenvalue weighted by Gasteiger charge is 2.32. The van der Waals surface area contributed by atoms with Crippen molar-refractivity contribution in [2.75, 3.05) is 6.54 Å². The van der Waals surface area contributed by atoms with Crippen LogP contribution in [0.3, 0.4) is 0 Å². The van der Waals surface area contributed by atoms with Crippen LogP contribution in [0.25, 0.3) is 0 Å². The fourth-order valence-electron chi connectivity index (χ4n) is 1.67. The first-order chi connectivity index (χ1) is 9.63. The van der Waals surface area contributed by atoms with Gasteiger partial charge in [0.25, 0.3) is 0 Å². The number of hydrogen-bond acceptors (Lipinski definition) is 3. The van der Waals surface area contributed by atoms with Gasteiger partial charge in [-0.1, -0.05) is 18.2 Å². The maximum Gasteiger partial charge on any atom is 0.573 e. The van der Waals surface area contributed by atoms with Crippen molar-refractivity contribution in [1.29, 1.82) is 0 Å². The highest BCUT2D eigenvalue weighted by Crippen LogP contribution is 2.26. The van der Waals surface area contributed by atoms with Gasteiger partial charge in [-0.3, -0.25) is 4.79 Å². The van der Waals surface area contributed by atoms with Crippen LogP contribution in [0.15, 0.2) is 24.3 Å². The smallest absolute Gasteiger partial charge is 0.406 e. The van der Waals surface area contributed by atoms with Crippen molar-refractivity contribution in [2.24, 2.45) is 5.73 Å². The Morgan fingerprint density at radius 1 is 1.27 bits per heavy atom. The van der Waals surface area contributed by atoms with E-state index in [1.165, 1.54) is 18.2 Å². The molecule has 0 radical (unpaired) electrons. The number of alkyl halides is 3. The summed E-state index contributed by atoms with van der Waals surface area (Å²) in [5, 5.41) is 2.72. The Morgan fingerprint density at radius 3 is 2.41 bits per heavy atom. The van der Waals surface area contributed by atoms with Gasteiger partial charge in [0.2, 0.25) is 5.91 Å². The van der Waals surface area contributed by atoms with E-state index in [0.717, 1.165) is 0 Å². The zero-order chi connectivity index (χ0) is 16.1. The van der Waals surface area contributed by atoms with Crippen LogP contribution in [-0.2, 0) is 11.2 Å². The van der Waals surface area contributed by atoms with Gasteiger partial charge < -0.3 is 15.8 Å². The molecule has 0 aliphatic carbocycles. The Bertz CT molecular complexity index is 493. The Balaban J connectivity index is 0.00000441. The van der Waals surface area contributed by atoms with Crippen molar-refractivity contribution >= 4 is 18.3 Å². The lowest BCUT2D eigenvalue weighted by Crippen LogP contribution is -2.48. The number of carbonyl (C=O) groups excluding carboxylic acids is 1. The molecule has 1 amide bonds. The first kappa shape index (κ1) is 20.5. The van der Waals surface area contributed by atoms with Crippen LogP contribution in [0.4, 0.5) is 13.2 Å². The lowest BCUT2D eigenvalue weighted by Gasteiger charge is -2.24. The average Bonchev–Trinajstić information content (AvgIpc) is 2.35. The molecule has 3 N–H and O–H groups in total. The van der Waals surface area contributed by atoms with Gasteiger partial charge in [0.05, 0.1) is 0 Å². The third-order valence-electron chi connectivity index (χ3n) is 2.81. The first-order valence-corrected chi connectivity index (χ1v) is 6.48. The molecule has 126 valence electrons. The third kappa shape index (κ3) is 7.51. The fourth-order valence-corrected chi connectivity index (χ4v) is 1.67. The van der Waals surface area contributed by atoms with Gasteiger partial charge in [-0.25, -0.2) is 0 Å². The van der Waals surface area contributed by atoms with Gasteiger partial charge in [-0.15, -0.1) is 25.6 Å². The molecule has 0 aliphatic rings. The van der Waals surface area contributed by atoms with Gasteiger partial charge in [-0.2, -0.15) is 0 Å². The molecule has 1 rings (SSSR count). The number of benzene rings is 1. The number of rotatable bonds is 6. The summed E-state index contributed by atoms with van der Waals surface area (Å²) in [5.74, 6) is -0.553. The SMILES string of the molecule is CC(C)(CN)NC(=O)CCc1ccccc1OC(F)(F)F.Cl. The van der Waals surface area contributed by atoms with E-state index in [9.17, 15) is 18.0 Å². The van der Waals surface area contributed by atoms with Crippen LogP contribution in [0.2, 0.25) is 0 Å². The topological polar surface area (TPSA) is 64.3 Å². The Labute approximate surface area is 133 Å². The summed E-state index contributed by atoms with van der Waals surface area (Å²) in [7, 11) is 0. The molecule has 0 saturated carbocycles. The molecule has 0 fully saturated rings. The second-order valence-electron chi connectivity index (χ2n) is 5.29. The lowest BCUT2D eigenvalue weighted by molar-refractivity contribution is -0.274. The molecule has 0 aromatic heterocycles. The maximum absolute atomic E-state index is 12.3. The summed E-state index contributed by atoms with van der Waals surface area (Å²) in [6, 6.07) is 5.77. The molecule has 1 aromatic rings. The van der Waals surface area contributed by atoms with E-state index in [-0.39, 0.29) is 43.5 Å². The summed E-state index contributed by atoms with van der Waals surface area (Å²) in [5.41, 5.74) is 5.28. The van der Waals surface area contributed by atoms with Crippen LogP contribution in [0, 0.1) is 0 Å². The molecule has 0 heterocycles. The Hall–Kier alpha value is -1.47. The summed E-state index contributed by atoms with van der Waals surface area (Å²) in [6.45, 7) is 3.81. The number of carbonyl (C=O) groups is 1. The first-order valence-electron chi connectivity index (χ1n) is 6.48. The van der Waals surface area contributed by atoms with E-state index in [2.05, 4.69) is 10.1 Å². The molecule has 22 heavy (non-hydrogen) atoms. The van der Waals surface area contributed by atoms with E-state index in [4.69, 9.17) is 5.73 Å². The van der Waals surface area contributed by atoms with Crippen molar-refractivity contribution < 1.29 is 22.7 Å². The molecule has 4 nitrogen and oxygen atoms in total. The van der Waals surface area contributed by atoms with E-state index >= 15 is 0 Å². The minimum atomic E-state index is -4.75. The molecule has 0 unspecified atom stereocenters. The van der Waals surface area contributed by atoms with Gasteiger partial charge >= 0.3 is 6.36 Å². The molecular weight excluding hydrogens is 321 g/mol. The predicted molar refractivity (Wildman–Crippen MR) is 80.0 cm³/mol. The number of halogens is 4. The van der Waals surface area contributed by atoms with E-state index < -0.39 is 11.9 Å². The number of nitrogens with two attached hydrogens (primary N) is 1. The normalized spacial score (nSPS) is 11.5. The summed E-state index contributed by atoms with van der Waals surface area (Å²) < 4.78 is 40.8. The standard InChI is InChI=1S/C14H19F3N2O2.ClH/c1-13(2,9-18)19-12(20)8-7-10-5-3-4-6-11(10)21-14(15,16)17;/h3-6H,7-9,18H2,1-2H3,(H,19,20);1H. The molecule has 0 aliphatic heterocycles. The monoisotopic (exact) mass is 340 g/mol. The number of aryl methyl sites for hydroxylation is 1. The van der Waals surface area contributed by atoms with Crippen molar-refractivity contribution in [1.82, 2.24) is 5.32 Å². The van der Waals surface area contributed by atoms with Crippen molar-refractivity contribution in [2.45, 2.75) is 38.6 Å². The minimum absolute atomic E-state index is 0. The highest BCUT2D eigenvalue weighted by molar-refractivity contribution is 5.85. The van der Waals surface area contributed by atoms with Crippen LogP contribution in [-0.4, -0.2) is 24.4 Å². The van der Waals surface area contributed by atoms with Crippen molar-refractivity contribution in [3.8, 4) is 5.75 Å². The largest absolute Gasteiger partial charge is 0.573 e. The number of hydrogen-bond donors (Lipinski definition) is 2. The summed E-state index contributed by atoms with van der Waals surface area (Å²) >= 11 is 0. The zero-order valence-electron chi connectivity index (χ0n) is 12.4. The van der Waals surface area contributed by atoms with Gasteiger partial charge in [0, 0.05) is 18.5 Å². The second-order valence-corrected chi connectivity index (χ2v) is 5.29. The van der Waals surface area contributed by atoms with Crippen molar-refractivity contribution in [3.05, 3.63) is 29.8 Å². The average molecular weight is 341 g/mol. The van der Waals surface area contributed by atoms with Crippen LogP contribution >= 0.6 is 12.4 Å². The maximum atomic E-state index is 12.3. The molecule has 0 spiro atoms. The van der Waals surface area contributed by atoms with Gasteiger partial charge in [0.1, 0.15) is 5.75 Å². The number of amides is 1. The van der Waals surface area contributed by atoms with Crippen LogP contribution < -0.4 is 15.8 Å². The minimum Gasteiger partial charge on any atom is -0.406 e. The number of nitrogens with one attached hydrogen (secondary N) is 1.